The molecule has 1 aromatic rings. The fourth-order valence-corrected chi connectivity index (χ4v) is 0.603. The lowest BCUT2D eigenvalue weighted by Crippen LogP contribution is -2.12. The maximum atomic E-state index is 12.4. The Bertz CT molecular complexity index is 235. The van der Waals surface area contributed by atoms with Crippen molar-refractivity contribution < 1.29 is 13.2 Å². The van der Waals surface area contributed by atoms with Crippen molar-refractivity contribution in [1.82, 2.24) is 9.78 Å². The largest absolute Gasteiger partial charge is 0.396 e. The van der Waals surface area contributed by atoms with Crippen LogP contribution in [0.3, 0.4) is 0 Å². The summed E-state index contributed by atoms with van der Waals surface area (Å²) in [4.78, 5) is 0. The second-order valence-electron chi connectivity index (χ2n) is 1.96. The Morgan fingerprint density at radius 3 is 2.45 bits per heavy atom. The summed E-state index contributed by atoms with van der Waals surface area (Å²) in [6.45, 7) is 0. The zero-order chi connectivity index (χ0) is 8.43. The molecule has 0 radical (unpaired) electrons. The van der Waals surface area contributed by atoms with Gasteiger partial charge in [-0.05, 0) is 0 Å². The van der Waals surface area contributed by atoms with Gasteiger partial charge < -0.3 is 5.73 Å². The SMILES string of the molecule is Nc1cnn(C(F)C(F)F)c1. The Labute approximate surface area is 60.6 Å². The molecule has 0 aliphatic heterocycles. The molecule has 0 fully saturated rings. The number of aromatic nitrogens is 2. The van der Waals surface area contributed by atoms with E-state index in [1.54, 1.807) is 0 Å². The molecule has 0 spiro atoms. The number of nitrogens with two attached hydrogens (primary N) is 1. The summed E-state index contributed by atoms with van der Waals surface area (Å²) < 4.78 is 36.1. The molecular weight excluding hydrogens is 159 g/mol. The summed E-state index contributed by atoms with van der Waals surface area (Å²) in [6.07, 6.45) is -3.37. The van der Waals surface area contributed by atoms with E-state index in [1.807, 2.05) is 0 Å². The average molecular weight is 165 g/mol. The lowest BCUT2D eigenvalue weighted by atomic mass is 10.6. The number of hydrogen-bond acceptors (Lipinski definition) is 2. The van der Waals surface area contributed by atoms with E-state index in [0.29, 0.717) is 4.68 Å². The number of hydrogen-bond donors (Lipinski definition) is 1. The molecule has 0 saturated carbocycles. The Morgan fingerprint density at radius 2 is 2.09 bits per heavy atom. The highest BCUT2D eigenvalue weighted by Gasteiger charge is 2.21. The molecule has 0 aromatic carbocycles. The van der Waals surface area contributed by atoms with Crippen molar-refractivity contribution in [3.63, 3.8) is 0 Å². The third-order valence-electron chi connectivity index (χ3n) is 1.08. The molecule has 62 valence electrons. The molecule has 3 nitrogen and oxygen atoms in total. The summed E-state index contributed by atoms with van der Waals surface area (Å²) in [5.74, 6) is 0. The number of alkyl halides is 3. The first-order valence-electron chi connectivity index (χ1n) is 2.83. The van der Waals surface area contributed by atoms with Crippen LogP contribution >= 0.6 is 0 Å². The van der Waals surface area contributed by atoms with Crippen molar-refractivity contribution >= 4 is 5.69 Å². The fourth-order valence-electron chi connectivity index (χ4n) is 0.603. The minimum absolute atomic E-state index is 0.160. The predicted molar refractivity (Wildman–Crippen MR) is 32.8 cm³/mol. The molecule has 1 aromatic heterocycles. The summed E-state index contributed by atoms with van der Waals surface area (Å²) >= 11 is 0. The summed E-state index contributed by atoms with van der Waals surface area (Å²) in [5, 5.41) is 3.27. The Morgan fingerprint density at radius 1 is 1.45 bits per heavy atom. The maximum absolute atomic E-state index is 12.4. The lowest BCUT2D eigenvalue weighted by Gasteiger charge is -2.05. The van der Waals surface area contributed by atoms with Gasteiger partial charge in [0.05, 0.1) is 18.1 Å². The van der Waals surface area contributed by atoms with Gasteiger partial charge in [0.2, 0.25) is 0 Å². The van der Waals surface area contributed by atoms with Crippen molar-refractivity contribution in [3.05, 3.63) is 12.4 Å². The number of nitrogens with zero attached hydrogens (tertiary/aromatic N) is 2. The van der Waals surface area contributed by atoms with Gasteiger partial charge in [0.15, 0.2) is 0 Å². The smallest absolute Gasteiger partial charge is 0.289 e. The molecule has 0 bridgehead atoms. The van der Waals surface area contributed by atoms with Crippen LogP contribution in [0.5, 0.6) is 0 Å². The van der Waals surface area contributed by atoms with Gasteiger partial charge in [-0.15, -0.1) is 0 Å². The van der Waals surface area contributed by atoms with E-state index in [4.69, 9.17) is 5.73 Å². The lowest BCUT2D eigenvalue weighted by molar-refractivity contribution is 0.000801. The van der Waals surface area contributed by atoms with Crippen molar-refractivity contribution in [2.45, 2.75) is 12.7 Å². The third-order valence-corrected chi connectivity index (χ3v) is 1.08. The number of halogens is 3. The highest BCUT2D eigenvalue weighted by atomic mass is 19.3. The van der Waals surface area contributed by atoms with Crippen LogP contribution in [0.25, 0.3) is 0 Å². The van der Waals surface area contributed by atoms with Crippen molar-refractivity contribution in [2.24, 2.45) is 0 Å². The molecule has 1 atom stereocenters. The van der Waals surface area contributed by atoms with Crippen LogP contribution in [0.15, 0.2) is 12.4 Å². The standard InChI is InChI=1S/C5H6F3N3/c6-4(7)5(8)11-2-3(9)1-10-11/h1-2,4-5H,9H2. The molecule has 0 aliphatic rings. The van der Waals surface area contributed by atoms with E-state index >= 15 is 0 Å². The van der Waals surface area contributed by atoms with Crippen LogP contribution in [0.4, 0.5) is 18.9 Å². The van der Waals surface area contributed by atoms with E-state index in [1.165, 1.54) is 0 Å². The minimum Gasteiger partial charge on any atom is -0.396 e. The average Bonchev–Trinajstić information content (AvgIpc) is 2.34. The second-order valence-corrected chi connectivity index (χ2v) is 1.96. The first kappa shape index (κ1) is 7.90. The summed E-state index contributed by atoms with van der Waals surface area (Å²) in [5.41, 5.74) is 5.28. The monoisotopic (exact) mass is 165 g/mol. The van der Waals surface area contributed by atoms with Crippen molar-refractivity contribution in [1.29, 1.82) is 0 Å². The van der Waals surface area contributed by atoms with Gasteiger partial charge in [0.1, 0.15) is 0 Å². The van der Waals surface area contributed by atoms with Gasteiger partial charge in [-0.1, -0.05) is 0 Å². The van der Waals surface area contributed by atoms with Crippen molar-refractivity contribution in [3.8, 4) is 0 Å². The predicted octanol–water partition coefficient (Wildman–Crippen LogP) is 1.20. The van der Waals surface area contributed by atoms with E-state index in [9.17, 15) is 13.2 Å². The van der Waals surface area contributed by atoms with Gasteiger partial charge in [0, 0.05) is 0 Å². The maximum Gasteiger partial charge on any atom is 0.289 e. The summed E-state index contributed by atoms with van der Waals surface area (Å²) in [6, 6.07) is 0. The van der Waals surface area contributed by atoms with Crippen LogP contribution in [-0.2, 0) is 0 Å². The summed E-state index contributed by atoms with van der Waals surface area (Å²) in [7, 11) is 0. The molecule has 1 heterocycles. The fraction of sp³-hybridized carbons (Fsp3) is 0.400. The molecule has 0 amide bonds. The van der Waals surface area contributed by atoms with Crippen LogP contribution < -0.4 is 5.73 Å². The van der Waals surface area contributed by atoms with Gasteiger partial charge >= 0.3 is 0 Å². The second kappa shape index (κ2) is 2.81. The van der Waals surface area contributed by atoms with E-state index < -0.39 is 12.7 Å². The highest BCUT2D eigenvalue weighted by molar-refractivity contribution is 5.30. The molecule has 6 heteroatoms. The number of anilines is 1. The number of rotatable bonds is 2. The molecule has 1 rings (SSSR count). The Balaban J connectivity index is 2.76. The zero-order valence-corrected chi connectivity index (χ0v) is 5.42. The van der Waals surface area contributed by atoms with Crippen LogP contribution in [-0.4, -0.2) is 16.2 Å². The molecule has 1 unspecified atom stereocenters. The molecule has 0 saturated heterocycles. The third kappa shape index (κ3) is 1.63. The van der Waals surface area contributed by atoms with E-state index in [0.717, 1.165) is 12.4 Å². The van der Waals surface area contributed by atoms with Crippen LogP contribution in [0, 0.1) is 0 Å². The Hall–Kier alpha value is -1.20. The van der Waals surface area contributed by atoms with Crippen LogP contribution in [0.1, 0.15) is 6.30 Å². The van der Waals surface area contributed by atoms with Gasteiger partial charge in [0.25, 0.3) is 12.7 Å². The van der Waals surface area contributed by atoms with Crippen molar-refractivity contribution in [2.75, 3.05) is 5.73 Å². The highest BCUT2D eigenvalue weighted by Crippen LogP contribution is 2.17. The normalized spacial score (nSPS) is 13.8. The minimum atomic E-state index is -3.07. The molecular formula is C5H6F3N3. The topological polar surface area (TPSA) is 43.8 Å². The van der Waals surface area contributed by atoms with Gasteiger partial charge in [-0.2, -0.15) is 5.10 Å². The first-order valence-corrected chi connectivity index (χ1v) is 2.83. The molecule has 11 heavy (non-hydrogen) atoms. The quantitative estimate of drug-likeness (QED) is 0.715. The first-order chi connectivity index (χ1) is 5.11. The van der Waals surface area contributed by atoms with E-state index in [2.05, 4.69) is 5.10 Å². The van der Waals surface area contributed by atoms with E-state index in [-0.39, 0.29) is 5.69 Å². The van der Waals surface area contributed by atoms with Gasteiger partial charge in [-0.3, -0.25) is 0 Å². The number of nitrogen functional groups attached to an aromatic ring is 1. The zero-order valence-electron chi connectivity index (χ0n) is 5.42. The molecule has 0 aliphatic carbocycles. The molecule has 2 N–H and O–H groups in total. The Kier molecular flexibility index (Phi) is 2.02. The van der Waals surface area contributed by atoms with Crippen LogP contribution in [0.2, 0.25) is 0 Å². The van der Waals surface area contributed by atoms with Gasteiger partial charge in [-0.25, -0.2) is 17.9 Å².